The van der Waals surface area contributed by atoms with E-state index in [2.05, 4.69) is 4.74 Å². The Hall–Kier alpha value is -2.50. The van der Waals surface area contributed by atoms with Gasteiger partial charge in [0.1, 0.15) is 0 Å². The lowest BCUT2D eigenvalue weighted by atomic mass is 10.1. The van der Waals surface area contributed by atoms with Crippen molar-refractivity contribution >= 4 is 23.6 Å². The molecule has 1 aromatic carbocycles. The van der Waals surface area contributed by atoms with Gasteiger partial charge in [-0.15, -0.1) is 0 Å². The molecule has 20 heavy (non-hydrogen) atoms. The van der Waals surface area contributed by atoms with Crippen LogP contribution in [0, 0.1) is 0 Å². The summed E-state index contributed by atoms with van der Waals surface area (Å²) in [4.78, 5) is 47.5. The zero-order valence-corrected chi connectivity index (χ0v) is 10.9. The van der Waals surface area contributed by atoms with Crippen LogP contribution in [0.4, 0.5) is 0 Å². The average molecular weight is 275 g/mol. The van der Waals surface area contributed by atoms with Crippen molar-refractivity contribution in [3.8, 4) is 0 Å². The zero-order chi connectivity index (χ0) is 14.7. The van der Waals surface area contributed by atoms with E-state index < -0.39 is 17.8 Å². The van der Waals surface area contributed by atoms with Gasteiger partial charge in [0.2, 0.25) is 0 Å². The molecule has 0 bridgehead atoms. The summed E-state index contributed by atoms with van der Waals surface area (Å²) in [6, 6.07) is 6.42. The van der Waals surface area contributed by atoms with Crippen molar-refractivity contribution in [3.63, 3.8) is 0 Å². The standard InChI is InChI=1S/C14H13NO5/c1-20-12(17)7-6-9(16)8-15-13(18)10-4-2-3-5-11(10)14(15)19/h2-5H,6-8H2,1H3. The van der Waals surface area contributed by atoms with E-state index >= 15 is 0 Å². The second-order valence-electron chi connectivity index (χ2n) is 4.36. The van der Waals surface area contributed by atoms with Crippen LogP contribution in [0.2, 0.25) is 0 Å². The van der Waals surface area contributed by atoms with Crippen molar-refractivity contribution < 1.29 is 23.9 Å². The van der Waals surface area contributed by atoms with E-state index in [9.17, 15) is 19.2 Å². The van der Waals surface area contributed by atoms with Gasteiger partial charge in [0, 0.05) is 6.42 Å². The van der Waals surface area contributed by atoms with Crippen LogP contribution in [-0.2, 0) is 14.3 Å². The van der Waals surface area contributed by atoms with Gasteiger partial charge in [-0.2, -0.15) is 0 Å². The van der Waals surface area contributed by atoms with E-state index in [4.69, 9.17) is 0 Å². The number of imide groups is 1. The molecule has 104 valence electrons. The SMILES string of the molecule is COC(=O)CCC(=O)CN1C(=O)c2ccccc2C1=O. The highest BCUT2D eigenvalue weighted by Crippen LogP contribution is 2.22. The predicted molar refractivity (Wildman–Crippen MR) is 68.1 cm³/mol. The third-order valence-corrected chi connectivity index (χ3v) is 3.05. The maximum absolute atomic E-state index is 12.0. The van der Waals surface area contributed by atoms with Crippen molar-refractivity contribution in [2.24, 2.45) is 0 Å². The molecule has 0 saturated heterocycles. The van der Waals surface area contributed by atoms with Crippen molar-refractivity contribution in [1.82, 2.24) is 4.90 Å². The van der Waals surface area contributed by atoms with E-state index in [1.807, 2.05) is 0 Å². The number of amides is 2. The van der Waals surface area contributed by atoms with Crippen LogP contribution in [0.1, 0.15) is 33.6 Å². The number of benzene rings is 1. The maximum atomic E-state index is 12.0. The van der Waals surface area contributed by atoms with Gasteiger partial charge in [-0.3, -0.25) is 24.1 Å². The van der Waals surface area contributed by atoms with Gasteiger partial charge in [0.25, 0.3) is 11.8 Å². The number of methoxy groups -OCH3 is 1. The Bertz CT molecular complexity index is 558. The molecule has 0 radical (unpaired) electrons. The van der Waals surface area contributed by atoms with Gasteiger partial charge in [-0.1, -0.05) is 12.1 Å². The van der Waals surface area contributed by atoms with Gasteiger partial charge < -0.3 is 4.74 Å². The quantitative estimate of drug-likeness (QED) is 0.586. The molecule has 1 aromatic rings. The van der Waals surface area contributed by atoms with Crippen LogP contribution < -0.4 is 0 Å². The molecule has 1 heterocycles. The zero-order valence-electron chi connectivity index (χ0n) is 10.9. The highest BCUT2D eigenvalue weighted by atomic mass is 16.5. The smallest absolute Gasteiger partial charge is 0.305 e. The first-order valence-electron chi connectivity index (χ1n) is 6.08. The Morgan fingerprint density at radius 2 is 1.60 bits per heavy atom. The first kappa shape index (κ1) is 13.9. The van der Waals surface area contributed by atoms with Crippen LogP contribution in [-0.4, -0.2) is 42.1 Å². The summed E-state index contributed by atoms with van der Waals surface area (Å²) in [5.41, 5.74) is 0.608. The minimum Gasteiger partial charge on any atom is -0.469 e. The lowest BCUT2D eigenvalue weighted by Crippen LogP contribution is -2.35. The number of rotatable bonds is 5. The molecule has 0 aliphatic carbocycles. The molecule has 0 atom stereocenters. The van der Waals surface area contributed by atoms with Crippen LogP contribution in [0.5, 0.6) is 0 Å². The number of hydrogen-bond acceptors (Lipinski definition) is 5. The van der Waals surface area contributed by atoms with Crippen molar-refractivity contribution in [2.75, 3.05) is 13.7 Å². The Kier molecular flexibility index (Phi) is 3.93. The first-order valence-corrected chi connectivity index (χ1v) is 6.08. The Labute approximate surface area is 115 Å². The fourth-order valence-electron chi connectivity index (χ4n) is 1.98. The second kappa shape index (κ2) is 5.64. The summed E-state index contributed by atoms with van der Waals surface area (Å²) in [7, 11) is 1.23. The normalized spacial score (nSPS) is 13.3. The van der Waals surface area contributed by atoms with Crippen LogP contribution in [0.3, 0.4) is 0 Å². The largest absolute Gasteiger partial charge is 0.469 e. The number of hydrogen-bond donors (Lipinski definition) is 0. The molecule has 1 aliphatic rings. The summed E-state index contributed by atoms with van der Waals surface area (Å²) in [6.45, 7) is -0.316. The number of esters is 1. The third-order valence-electron chi connectivity index (χ3n) is 3.05. The molecule has 0 fully saturated rings. The van der Waals surface area contributed by atoms with E-state index in [1.54, 1.807) is 24.3 Å². The Balaban J connectivity index is 2.02. The predicted octanol–water partition coefficient (Wildman–Crippen LogP) is 0.805. The lowest BCUT2D eigenvalue weighted by molar-refractivity contribution is -0.141. The first-order chi connectivity index (χ1) is 9.54. The molecule has 0 N–H and O–H groups in total. The highest BCUT2D eigenvalue weighted by molar-refractivity contribution is 6.22. The third kappa shape index (κ3) is 2.59. The lowest BCUT2D eigenvalue weighted by Gasteiger charge is -2.12. The number of ketones is 1. The van der Waals surface area contributed by atoms with E-state index in [0.29, 0.717) is 11.1 Å². The van der Waals surface area contributed by atoms with Gasteiger partial charge in [0.15, 0.2) is 5.78 Å². The minimum absolute atomic E-state index is 0.0555. The number of ether oxygens (including phenoxy) is 1. The molecule has 6 nitrogen and oxygen atoms in total. The average Bonchev–Trinajstić information content (AvgIpc) is 2.70. The topological polar surface area (TPSA) is 80.8 Å². The number of fused-ring (bicyclic) bond motifs is 1. The summed E-state index contributed by atoms with van der Waals surface area (Å²) >= 11 is 0. The second-order valence-corrected chi connectivity index (χ2v) is 4.36. The minimum atomic E-state index is -0.499. The van der Waals surface area contributed by atoms with E-state index in [-0.39, 0.29) is 25.2 Å². The fourth-order valence-corrected chi connectivity index (χ4v) is 1.98. The maximum Gasteiger partial charge on any atom is 0.305 e. The molecule has 6 heteroatoms. The van der Waals surface area contributed by atoms with Gasteiger partial charge in [-0.25, -0.2) is 0 Å². The Morgan fingerprint density at radius 1 is 1.05 bits per heavy atom. The van der Waals surface area contributed by atoms with Gasteiger partial charge >= 0.3 is 5.97 Å². The molecular formula is C14H13NO5. The van der Waals surface area contributed by atoms with Gasteiger partial charge in [-0.05, 0) is 12.1 Å². The van der Waals surface area contributed by atoms with Crippen LogP contribution in [0.25, 0.3) is 0 Å². The molecule has 0 saturated carbocycles. The molecule has 2 rings (SSSR count). The Morgan fingerprint density at radius 3 is 2.10 bits per heavy atom. The highest BCUT2D eigenvalue weighted by Gasteiger charge is 2.35. The van der Waals surface area contributed by atoms with Crippen molar-refractivity contribution in [3.05, 3.63) is 35.4 Å². The van der Waals surface area contributed by atoms with Gasteiger partial charge in [0.05, 0.1) is 31.2 Å². The van der Waals surface area contributed by atoms with E-state index in [0.717, 1.165) is 4.90 Å². The monoisotopic (exact) mass is 275 g/mol. The molecule has 0 spiro atoms. The summed E-state index contributed by atoms with van der Waals surface area (Å²) < 4.78 is 4.42. The van der Waals surface area contributed by atoms with Crippen molar-refractivity contribution in [1.29, 1.82) is 0 Å². The fraction of sp³-hybridized carbons (Fsp3) is 0.286. The van der Waals surface area contributed by atoms with Crippen LogP contribution >= 0.6 is 0 Å². The summed E-state index contributed by atoms with van der Waals surface area (Å²) in [5, 5.41) is 0. The molecule has 0 aromatic heterocycles. The molecule has 0 unspecified atom stereocenters. The van der Waals surface area contributed by atoms with Crippen molar-refractivity contribution in [2.45, 2.75) is 12.8 Å². The van der Waals surface area contributed by atoms with E-state index in [1.165, 1.54) is 7.11 Å². The molecule has 1 aliphatic heterocycles. The summed E-state index contributed by atoms with van der Waals surface area (Å²) in [5.74, 6) is -1.81. The number of carbonyl (C=O) groups is 4. The molecule has 2 amide bonds. The number of carbonyl (C=O) groups excluding carboxylic acids is 4. The summed E-state index contributed by atoms with van der Waals surface area (Å²) in [6.07, 6.45) is -0.113. The number of Topliss-reactive ketones (excluding diaryl/α,β-unsaturated/α-hetero) is 1. The number of nitrogens with zero attached hydrogens (tertiary/aromatic N) is 1. The molecular weight excluding hydrogens is 262 g/mol. The van der Waals surface area contributed by atoms with Crippen LogP contribution in [0.15, 0.2) is 24.3 Å².